The minimum absolute atomic E-state index is 0.0149. The van der Waals surface area contributed by atoms with Crippen LogP contribution < -0.4 is 5.32 Å². The molecule has 0 bridgehead atoms. The Kier molecular flexibility index (Phi) is 5.11. The van der Waals surface area contributed by atoms with Gasteiger partial charge < -0.3 is 10.1 Å². The van der Waals surface area contributed by atoms with Crippen molar-refractivity contribution >= 4 is 11.9 Å². The molecule has 4 heteroatoms. The van der Waals surface area contributed by atoms with E-state index in [-0.39, 0.29) is 30.4 Å². The fourth-order valence-corrected chi connectivity index (χ4v) is 3.00. The average molecular weight is 313 g/mol. The third-order valence-corrected chi connectivity index (χ3v) is 4.52. The molecule has 1 heterocycles. The van der Waals surface area contributed by atoms with Gasteiger partial charge >= 0.3 is 5.97 Å². The molecule has 3 rings (SSSR count). The zero-order valence-corrected chi connectivity index (χ0v) is 13.2. The highest BCUT2D eigenvalue weighted by Gasteiger charge is 2.36. The molecule has 1 N–H and O–H groups in total. The van der Waals surface area contributed by atoms with Crippen molar-refractivity contribution in [3.8, 4) is 0 Å². The quantitative estimate of drug-likeness (QED) is 0.674. The van der Waals surface area contributed by atoms with Crippen LogP contribution >= 0.6 is 0 Å². The van der Waals surface area contributed by atoms with Gasteiger partial charge in [0.15, 0.2) is 0 Å². The number of ether oxygens (including phenoxy) is 1. The van der Waals surface area contributed by atoms with Crippen LogP contribution in [0.4, 0.5) is 0 Å². The number of nitrogens with one attached hydrogen (secondary N) is 1. The van der Waals surface area contributed by atoms with Gasteiger partial charge in [-0.2, -0.15) is 0 Å². The monoisotopic (exact) mass is 313 g/mol. The lowest BCUT2D eigenvalue weighted by Crippen LogP contribution is -2.33. The van der Waals surface area contributed by atoms with E-state index in [4.69, 9.17) is 4.74 Å². The zero-order chi connectivity index (χ0) is 16.1. The van der Waals surface area contributed by atoms with E-state index in [0.29, 0.717) is 18.8 Å². The van der Waals surface area contributed by atoms with Crippen molar-refractivity contribution in [3.63, 3.8) is 0 Å². The van der Waals surface area contributed by atoms with Gasteiger partial charge in [0.2, 0.25) is 5.91 Å². The van der Waals surface area contributed by atoms with E-state index in [1.807, 2.05) is 42.5 Å². The van der Waals surface area contributed by atoms with E-state index in [9.17, 15) is 9.59 Å². The molecule has 0 saturated heterocycles. The summed E-state index contributed by atoms with van der Waals surface area (Å²) in [6.07, 6.45) is 8.15. The molecule has 1 amide bonds. The molecular weight excluding hydrogens is 290 g/mol. The summed E-state index contributed by atoms with van der Waals surface area (Å²) < 4.78 is 5.56. The second kappa shape index (κ2) is 7.44. The van der Waals surface area contributed by atoms with Crippen LogP contribution in [0.1, 0.15) is 43.7 Å². The Morgan fingerprint density at radius 2 is 1.83 bits per heavy atom. The van der Waals surface area contributed by atoms with Crippen LogP contribution in [0.15, 0.2) is 42.5 Å². The molecule has 1 fully saturated rings. The fraction of sp³-hybridized carbons (Fsp3) is 0.474. The topological polar surface area (TPSA) is 55.4 Å². The van der Waals surface area contributed by atoms with Crippen molar-refractivity contribution in [1.82, 2.24) is 5.32 Å². The minimum atomic E-state index is -0.282. The fourth-order valence-electron chi connectivity index (χ4n) is 3.00. The van der Waals surface area contributed by atoms with Gasteiger partial charge in [-0.1, -0.05) is 42.5 Å². The van der Waals surface area contributed by atoms with Crippen molar-refractivity contribution < 1.29 is 14.3 Å². The van der Waals surface area contributed by atoms with Crippen LogP contribution in [-0.4, -0.2) is 18.5 Å². The van der Waals surface area contributed by atoms with Gasteiger partial charge in [0, 0.05) is 6.42 Å². The lowest BCUT2D eigenvalue weighted by molar-refractivity contribution is -0.150. The maximum Gasteiger partial charge on any atom is 0.309 e. The summed E-state index contributed by atoms with van der Waals surface area (Å²) in [6, 6.07) is 9.40. The van der Waals surface area contributed by atoms with Crippen molar-refractivity contribution in [2.75, 3.05) is 6.61 Å². The summed E-state index contributed by atoms with van der Waals surface area (Å²) >= 11 is 0. The molecule has 2 atom stereocenters. The lowest BCUT2D eigenvalue weighted by Gasteiger charge is -2.21. The molecule has 1 aromatic rings. The number of esters is 1. The number of cyclic esters (lactones) is 1. The highest BCUT2D eigenvalue weighted by molar-refractivity contribution is 5.77. The first kappa shape index (κ1) is 15.8. The van der Waals surface area contributed by atoms with Crippen LogP contribution in [0.3, 0.4) is 0 Å². The second-order valence-electron chi connectivity index (χ2n) is 6.35. The molecular formula is C19H23NO3. The van der Waals surface area contributed by atoms with Crippen LogP contribution in [0.2, 0.25) is 0 Å². The number of allylic oxidation sites excluding steroid dienone is 2. The maximum atomic E-state index is 12.4. The SMILES string of the molecule is O=C1CC/C=C/C[C@@H](C2CC2)C(=O)OC[C@@H](c2ccccc2)N1. The Labute approximate surface area is 136 Å². The van der Waals surface area contributed by atoms with E-state index >= 15 is 0 Å². The molecule has 0 radical (unpaired) electrons. The van der Waals surface area contributed by atoms with E-state index in [0.717, 1.165) is 24.8 Å². The van der Waals surface area contributed by atoms with Crippen molar-refractivity contribution in [2.24, 2.45) is 11.8 Å². The number of benzene rings is 1. The van der Waals surface area contributed by atoms with Gasteiger partial charge in [-0.3, -0.25) is 9.59 Å². The van der Waals surface area contributed by atoms with E-state index in [1.54, 1.807) is 0 Å². The third-order valence-electron chi connectivity index (χ3n) is 4.52. The number of rotatable bonds is 2. The van der Waals surface area contributed by atoms with Crippen molar-refractivity contribution in [2.45, 2.75) is 38.1 Å². The molecule has 2 aliphatic rings. The first-order chi connectivity index (χ1) is 11.2. The normalized spacial score (nSPS) is 28.0. The Hall–Kier alpha value is -2.10. The Morgan fingerprint density at radius 3 is 2.57 bits per heavy atom. The van der Waals surface area contributed by atoms with Gasteiger partial charge in [0.25, 0.3) is 0 Å². The van der Waals surface area contributed by atoms with E-state index in [1.165, 1.54) is 0 Å². The van der Waals surface area contributed by atoms with Gasteiger partial charge in [-0.15, -0.1) is 0 Å². The Bertz CT molecular complexity index is 578. The van der Waals surface area contributed by atoms with Crippen molar-refractivity contribution in [3.05, 3.63) is 48.0 Å². The second-order valence-corrected chi connectivity index (χ2v) is 6.35. The number of amides is 1. The molecule has 0 spiro atoms. The summed E-state index contributed by atoms with van der Waals surface area (Å²) in [5.41, 5.74) is 0.962. The summed E-state index contributed by atoms with van der Waals surface area (Å²) in [4.78, 5) is 24.5. The Balaban J connectivity index is 1.75. The molecule has 0 unspecified atom stereocenters. The Morgan fingerprint density at radius 1 is 1.04 bits per heavy atom. The molecule has 122 valence electrons. The van der Waals surface area contributed by atoms with E-state index in [2.05, 4.69) is 5.32 Å². The minimum Gasteiger partial charge on any atom is -0.463 e. The van der Waals surface area contributed by atoms with Crippen molar-refractivity contribution in [1.29, 1.82) is 0 Å². The predicted molar refractivity (Wildman–Crippen MR) is 87.5 cm³/mol. The molecule has 1 aromatic carbocycles. The number of carbonyl (C=O) groups excluding carboxylic acids is 2. The van der Waals surface area contributed by atoms with Gasteiger partial charge in [-0.25, -0.2) is 0 Å². The van der Waals surface area contributed by atoms with E-state index < -0.39 is 0 Å². The van der Waals surface area contributed by atoms with Crippen LogP contribution in [0.25, 0.3) is 0 Å². The molecule has 0 aromatic heterocycles. The predicted octanol–water partition coefficient (Wildman–Crippen LogP) is 3.15. The molecule has 1 aliphatic carbocycles. The number of carbonyl (C=O) groups is 2. The summed E-state index contributed by atoms with van der Waals surface area (Å²) in [5.74, 6) is 0.296. The highest BCUT2D eigenvalue weighted by Crippen LogP contribution is 2.39. The molecule has 4 nitrogen and oxygen atoms in total. The van der Waals surface area contributed by atoms with Gasteiger partial charge in [0.1, 0.15) is 6.61 Å². The third kappa shape index (κ3) is 4.44. The number of hydrogen-bond donors (Lipinski definition) is 1. The largest absolute Gasteiger partial charge is 0.463 e. The molecule has 1 saturated carbocycles. The lowest BCUT2D eigenvalue weighted by atomic mass is 9.99. The first-order valence-corrected chi connectivity index (χ1v) is 8.40. The van der Waals surface area contributed by atoms with Crippen LogP contribution in [0.5, 0.6) is 0 Å². The first-order valence-electron chi connectivity index (χ1n) is 8.40. The molecule has 23 heavy (non-hydrogen) atoms. The number of hydrogen-bond acceptors (Lipinski definition) is 3. The standard InChI is InChI=1S/C19H23NO3/c21-18-10-6-2-5-9-16(14-11-12-14)19(22)23-13-17(20-18)15-7-3-1-4-8-15/h1-5,7-8,14,16-17H,6,9-13H2,(H,20,21)/b5-2+/t16-,17-/m0/s1. The summed E-state index contributed by atoms with van der Waals surface area (Å²) in [7, 11) is 0. The van der Waals surface area contributed by atoms with Crippen LogP contribution in [-0.2, 0) is 14.3 Å². The highest BCUT2D eigenvalue weighted by atomic mass is 16.5. The zero-order valence-electron chi connectivity index (χ0n) is 13.2. The average Bonchev–Trinajstić information content (AvgIpc) is 3.39. The molecule has 1 aliphatic heterocycles. The smallest absolute Gasteiger partial charge is 0.309 e. The summed E-state index contributed by atoms with van der Waals surface area (Å²) in [5, 5.41) is 2.98. The van der Waals surface area contributed by atoms with Crippen LogP contribution in [0, 0.1) is 11.8 Å². The summed E-state index contributed by atoms with van der Waals surface area (Å²) in [6.45, 7) is 0.196. The van der Waals surface area contributed by atoms with Gasteiger partial charge in [-0.05, 0) is 37.2 Å². The maximum absolute atomic E-state index is 12.4. The van der Waals surface area contributed by atoms with Gasteiger partial charge in [0.05, 0.1) is 12.0 Å².